The van der Waals surface area contributed by atoms with Gasteiger partial charge in [0, 0.05) is 12.6 Å². The Morgan fingerprint density at radius 1 is 1.25 bits per heavy atom. The number of amides is 2. The van der Waals surface area contributed by atoms with Crippen LogP contribution >= 0.6 is 0 Å². The molecule has 0 spiro atoms. The number of nitrogens with two attached hydrogens (primary N) is 1. The van der Waals surface area contributed by atoms with Crippen molar-refractivity contribution < 1.29 is 9.59 Å². The lowest BCUT2D eigenvalue weighted by Crippen LogP contribution is -2.49. The molecule has 7 nitrogen and oxygen atoms in total. The SMILES string of the molecule is C[C@@H]1CC[C@H](C(N)=O)CN1C(=O)Cc1cnn(-c2ccccc2)n1. The number of primary amides is 1. The van der Waals surface area contributed by atoms with Gasteiger partial charge in [-0.25, -0.2) is 0 Å². The first kappa shape index (κ1) is 16.2. The number of aromatic nitrogens is 3. The smallest absolute Gasteiger partial charge is 0.228 e. The van der Waals surface area contributed by atoms with Gasteiger partial charge >= 0.3 is 0 Å². The minimum absolute atomic E-state index is 0.0476. The van der Waals surface area contributed by atoms with E-state index in [4.69, 9.17) is 5.73 Å². The summed E-state index contributed by atoms with van der Waals surface area (Å²) in [5.74, 6) is -0.645. The monoisotopic (exact) mass is 327 g/mol. The average Bonchev–Trinajstić information content (AvgIpc) is 3.04. The average molecular weight is 327 g/mol. The first-order valence-corrected chi connectivity index (χ1v) is 8.10. The highest BCUT2D eigenvalue weighted by atomic mass is 16.2. The molecule has 126 valence electrons. The Labute approximate surface area is 140 Å². The molecule has 2 aromatic rings. The Bertz CT molecular complexity index is 728. The van der Waals surface area contributed by atoms with E-state index in [1.165, 1.54) is 4.80 Å². The molecule has 1 aliphatic rings. The zero-order valence-electron chi connectivity index (χ0n) is 13.6. The predicted octanol–water partition coefficient (Wildman–Crippen LogP) is 0.922. The van der Waals surface area contributed by atoms with E-state index in [0.717, 1.165) is 18.5 Å². The van der Waals surface area contributed by atoms with Crippen molar-refractivity contribution in [1.82, 2.24) is 19.9 Å². The van der Waals surface area contributed by atoms with Gasteiger partial charge in [-0.3, -0.25) is 9.59 Å². The van der Waals surface area contributed by atoms with Gasteiger partial charge in [0.15, 0.2) is 0 Å². The van der Waals surface area contributed by atoms with Crippen LogP contribution in [0.4, 0.5) is 0 Å². The molecule has 1 aromatic carbocycles. The van der Waals surface area contributed by atoms with Gasteiger partial charge in [-0.2, -0.15) is 15.0 Å². The Morgan fingerprint density at radius 2 is 2.00 bits per heavy atom. The van der Waals surface area contributed by atoms with E-state index < -0.39 is 0 Å². The summed E-state index contributed by atoms with van der Waals surface area (Å²) in [7, 11) is 0. The van der Waals surface area contributed by atoms with Crippen molar-refractivity contribution in [1.29, 1.82) is 0 Å². The van der Waals surface area contributed by atoms with E-state index in [2.05, 4.69) is 10.2 Å². The standard InChI is InChI=1S/C17H21N5O2/c1-12-7-8-13(17(18)24)11-21(12)16(23)9-14-10-19-22(20-14)15-5-3-2-4-6-15/h2-6,10,12-13H,7-9,11H2,1H3,(H2,18,24)/t12-,13+/m1/s1. The summed E-state index contributed by atoms with van der Waals surface area (Å²) in [6.07, 6.45) is 3.30. The maximum absolute atomic E-state index is 12.6. The highest BCUT2D eigenvalue weighted by Crippen LogP contribution is 2.22. The summed E-state index contributed by atoms with van der Waals surface area (Å²) in [6.45, 7) is 2.39. The molecule has 2 amide bonds. The lowest BCUT2D eigenvalue weighted by Gasteiger charge is -2.36. The summed E-state index contributed by atoms with van der Waals surface area (Å²) in [5, 5.41) is 8.57. The maximum Gasteiger partial charge on any atom is 0.228 e. The van der Waals surface area contributed by atoms with Crippen LogP contribution in [0.1, 0.15) is 25.5 Å². The third-order valence-electron chi connectivity index (χ3n) is 4.46. The predicted molar refractivity (Wildman–Crippen MR) is 88.2 cm³/mol. The van der Waals surface area contributed by atoms with Gasteiger partial charge in [-0.05, 0) is 31.9 Å². The van der Waals surface area contributed by atoms with Gasteiger partial charge in [0.25, 0.3) is 0 Å². The summed E-state index contributed by atoms with van der Waals surface area (Å²) in [5.41, 5.74) is 6.85. The second-order valence-electron chi connectivity index (χ2n) is 6.21. The Kier molecular flexibility index (Phi) is 4.59. The minimum Gasteiger partial charge on any atom is -0.369 e. The summed E-state index contributed by atoms with van der Waals surface area (Å²) < 4.78 is 0. The second-order valence-corrected chi connectivity index (χ2v) is 6.21. The van der Waals surface area contributed by atoms with E-state index in [1.54, 1.807) is 11.1 Å². The number of piperidine rings is 1. The molecule has 2 N–H and O–H groups in total. The lowest BCUT2D eigenvalue weighted by atomic mass is 9.92. The molecule has 7 heteroatoms. The molecule has 2 atom stereocenters. The molecule has 3 rings (SSSR count). The topological polar surface area (TPSA) is 94.1 Å². The first-order valence-electron chi connectivity index (χ1n) is 8.10. The van der Waals surface area contributed by atoms with Crippen LogP contribution < -0.4 is 5.73 Å². The van der Waals surface area contributed by atoms with Crippen molar-refractivity contribution >= 4 is 11.8 Å². The molecule has 0 unspecified atom stereocenters. The number of para-hydroxylation sites is 1. The van der Waals surface area contributed by atoms with E-state index in [9.17, 15) is 9.59 Å². The van der Waals surface area contributed by atoms with E-state index in [1.807, 2.05) is 37.3 Å². The van der Waals surface area contributed by atoms with Crippen molar-refractivity contribution in [3.8, 4) is 5.69 Å². The number of nitrogens with zero attached hydrogens (tertiary/aromatic N) is 4. The molecule has 1 fully saturated rings. The molecule has 1 aliphatic heterocycles. The molecule has 2 heterocycles. The van der Waals surface area contributed by atoms with Gasteiger partial charge in [0.2, 0.25) is 11.8 Å². The van der Waals surface area contributed by atoms with Gasteiger partial charge in [0.1, 0.15) is 0 Å². The fraction of sp³-hybridized carbons (Fsp3) is 0.412. The highest BCUT2D eigenvalue weighted by Gasteiger charge is 2.31. The van der Waals surface area contributed by atoms with Crippen LogP contribution in [0, 0.1) is 5.92 Å². The highest BCUT2D eigenvalue weighted by molar-refractivity contribution is 5.81. The molecule has 0 aliphatic carbocycles. The molecular weight excluding hydrogens is 306 g/mol. The minimum atomic E-state index is -0.338. The first-order chi connectivity index (χ1) is 11.5. The summed E-state index contributed by atoms with van der Waals surface area (Å²) >= 11 is 0. The van der Waals surface area contributed by atoms with Crippen molar-refractivity contribution in [2.24, 2.45) is 11.7 Å². The van der Waals surface area contributed by atoms with E-state index in [-0.39, 0.29) is 30.2 Å². The molecule has 24 heavy (non-hydrogen) atoms. The zero-order chi connectivity index (χ0) is 17.1. The number of carbonyl (C=O) groups is 2. The van der Waals surface area contributed by atoms with E-state index in [0.29, 0.717) is 12.2 Å². The quantitative estimate of drug-likeness (QED) is 0.903. The van der Waals surface area contributed by atoms with Crippen LogP contribution in [0.25, 0.3) is 5.69 Å². The zero-order valence-corrected chi connectivity index (χ0v) is 13.6. The number of carbonyl (C=O) groups excluding carboxylic acids is 2. The summed E-state index contributed by atoms with van der Waals surface area (Å²) in [6, 6.07) is 9.64. The number of benzene rings is 1. The molecule has 0 saturated carbocycles. The number of hydrogen-bond donors (Lipinski definition) is 1. The Hall–Kier alpha value is -2.70. The van der Waals surface area contributed by atoms with Gasteiger partial charge < -0.3 is 10.6 Å². The van der Waals surface area contributed by atoms with Gasteiger partial charge in [-0.15, -0.1) is 0 Å². The summed E-state index contributed by atoms with van der Waals surface area (Å²) in [4.78, 5) is 27.2. The normalized spacial score (nSPS) is 20.8. The number of likely N-dealkylation sites (tertiary alicyclic amines) is 1. The third kappa shape index (κ3) is 3.45. The largest absolute Gasteiger partial charge is 0.369 e. The van der Waals surface area contributed by atoms with Crippen LogP contribution in [-0.4, -0.2) is 44.3 Å². The second kappa shape index (κ2) is 6.82. The Balaban J connectivity index is 1.68. The van der Waals surface area contributed by atoms with Gasteiger partial charge in [0.05, 0.1) is 29.9 Å². The van der Waals surface area contributed by atoms with Crippen molar-refractivity contribution in [3.63, 3.8) is 0 Å². The fourth-order valence-electron chi connectivity index (χ4n) is 3.00. The van der Waals surface area contributed by atoms with Crippen LogP contribution in [-0.2, 0) is 16.0 Å². The lowest BCUT2D eigenvalue weighted by molar-refractivity contribution is -0.137. The van der Waals surface area contributed by atoms with Crippen LogP contribution in [0.5, 0.6) is 0 Å². The van der Waals surface area contributed by atoms with Crippen molar-refractivity contribution in [3.05, 3.63) is 42.2 Å². The number of rotatable bonds is 4. The molecule has 0 radical (unpaired) electrons. The van der Waals surface area contributed by atoms with Crippen LogP contribution in [0.3, 0.4) is 0 Å². The maximum atomic E-state index is 12.6. The fourth-order valence-corrected chi connectivity index (χ4v) is 3.00. The molecule has 1 saturated heterocycles. The molecule has 1 aromatic heterocycles. The Morgan fingerprint density at radius 3 is 2.71 bits per heavy atom. The van der Waals surface area contributed by atoms with Crippen molar-refractivity contribution in [2.75, 3.05) is 6.54 Å². The van der Waals surface area contributed by atoms with Crippen LogP contribution in [0.2, 0.25) is 0 Å². The van der Waals surface area contributed by atoms with Gasteiger partial charge in [-0.1, -0.05) is 18.2 Å². The van der Waals surface area contributed by atoms with Crippen LogP contribution in [0.15, 0.2) is 36.5 Å². The number of hydrogen-bond acceptors (Lipinski definition) is 4. The molecular formula is C17H21N5O2. The van der Waals surface area contributed by atoms with E-state index >= 15 is 0 Å². The third-order valence-corrected chi connectivity index (χ3v) is 4.46. The molecule has 0 bridgehead atoms. The van der Waals surface area contributed by atoms with Crippen molar-refractivity contribution in [2.45, 2.75) is 32.2 Å².